The molecular weight excluding hydrogens is 323 g/mol. The zero-order chi connectivity index (χ0) is 17.6. The monoisotopic (exact) mass is 356 g/mol. The number of fused-ring (bicyclic) bond motifs is 2. The maximum atomic E-state index is 8.82. The Morgan fingerprint density at radius 1 is 1.29 bits per heavy atom. The normalized spacial score (nSPS) is 33.1. The van der Waals surface area contributed by atoms with Crippen LogP contribution in [0.4, 0.5) is 0 Å². The summed E-state index contributed by atoms with van der Waals surface area (Å²) in [7, 11) is -1.13. The van der Waals surface area contributed by atoms with Crippen molar-refractivity contribution in [1.82, 2.24) is 4.67 Å². The molecule has 1 unspecified atom stereocenters. The summed E-state index contributed by atoms with van der Waals surface area (Å²) in [5.41, 5.74) is -0.132. The molecule has 0 aromatic carbocycles. The quantitative estimate of drug-likeness (QED) is 0.403. The van der Waals surface area contributed by atoms with Gasteiger partial charge in [0, 0.05) is 19.0 Å². The summed E-state index contributed by atoms with van der Waals surface area (Å²) < 4.78 is 21.2. The molecular formula is C18H33N2O3P. The van der Waals surface area contributed by atoms with Gasteiger partial charge in [0.15, 0.2) is 0 Å². The first kappa shape index (κ1) is 20.1. The molecule has 2 rings (SSSR count). The zero-order valence-electron chi connectivity index (χ0n) is 15.7. The van der Waals surface area contributed by atoms with E-state index < -0.39 is 8.53 Å². The number of nitrogens with zero attached hydrogens (tertiary/aromatic N) is 2. The van der Waals surface area contributed by atoms with E-state index in [9.17, 15) is 0 Å². The second-order valence-electron chi connectivity index (χ2n) is 7.03. The highest BCUT2D eigenvalue weighted by molar-refractivity contribution is 7.44. The molecule has 2 bridgehead atoms. The van der Waals surface area contributed by atoms with Gasteiger partial charge in [-0.25, -0.2) is 4.67 Å². The van der Waals surface area contributed by atoms with Gasteiger partial charge in [-0.3, -0.25) is 0 Å². The molecule has 2 aliphatic rings. The van der Waals surface area contributed by atoms with Crippen molar-refractivity contribution in [2.24, 2.45) is 11.8 Å². The maximum absolute atomic E-state index is 8.82. The molecule has 1 aliphatic heterocycles. The lowest BCUT2D eigenvalue weighted by Crippen LogP contribution is -2.38. The van der Waals surface area contributed by atoms with E-state index in [0.29, 0.717) is 24.9 Å². The minimum atomic E-state index is -1.13. The third-order valence-corrected chi connectivity index (χ3v) is 6.95. The Bertz CT molecular complexity index is 425. The van der Waals surface area contributed by atoms with Crippen molar-refractivity contribution in [2.75, 3.05) is 26.3 Å². The van der Waals surface area contributed by atoms with Crippen molar-refractivity contribution in [2.45, 2.75) is 71.5 Å². The van der Waals surface area contributed by atoms with Gasteiger partial charge in [0.2, 0.25) is 0 Å². The van der Waals surface area contributed by atoms with Crippen LogP contribution < -0.4 is 0 Å². The Morgan fingerprint density at radius 2 is 2.00 bits per heavy atom. The lowest BCUT2D eigenvalue weighted by atomic mass is 9.96. The summed E-state index contributed by atoms with van der Waals surface area (Å²) >= 11 is 0. The lowest BCUT2D eigenvalue weighted by Gasteiger charge is -2.35. The van der Waals surface area contributed by atoms with Gasteiger partial charge in [0.25, 0.3) is 8.53 Å². The molecule has 1 saturated heterocycles. The van der Waals surface area contributed by atoms with Crippen molar-refractivity contribution in [1.29, 1.82) is 5.26 Å². The first-order chi connectivity index (χ1) is 11.6. The van der Waals surface area contributed by atoms with Gasteiger partial charge in [-0.05, 0) is 31.6 Å². The highest BCUT2D eigenvalue weighted by atomic mass is 31.2. The van der Waals surface area contributed by atoms with Gasteiger partial charge in [-0.2, -0.15) is 5.26 Å². The molecule has 138 valence electrons. The Balaban J connectivity index is 2.10. The standard InChI is InChI=1S/C18H33N2O3P/c1-5-10-20(11-6-2)24(22-12-8-9-19)23-17-16-14-21-18(17,7-3)13-15(16)4/h15-17H,5-8,10-14H2,1-4H3/t15-,16-,17+,18+,24?/m1/s1. The van der Waals surface area contributed by atoms with Crippen molar-refractivity contribution < 1.29 is 13.8 Å². The fourth-order valence-electron chi connectivity index (χ4n) is 4.01. The molecule has 0 spiro atoms. The average Bonchev–Trinajstić information content (AvgIpc) is 3.05. The van der Waals surface area contributed by atoms with E-state index in [2.05, 4.69) is 38.4 Å². The molecule has 2 fully saturated rings. The predicted molar refractivity (Wildman–Crippen MR) is 96.4 cm³/mol. The van der Waals surface area contributed by atoms with Crippen molar-refractivity contribution in [3.8, 4) is 6.07 Å². The Kier molecular flexibility index (Phi) is 7.91. The fraction of sp³-hybridized carbons (Fsp3) is 0.944. The topological polar surface area (TPSA) is 54.7 Å². The van der Waals surface area contributed by atoms with E-state index in [1.54, 1.807) is 0 Å². The summed E-state index contributed by atoms with van der Waals surface area (Å²) in [4.78, 5) is 0. The van der Waals surface area contributed by atoms with E-state index in [-0.39, 0.29) is 11.7 Å². The number of hydrogen-bond acceptors (Lipinski definition) is 5. The lowest BCUT2D eigenvalue weighted by molar-refractivity contribution is -0.0611. The third-order valence-electron chi connectivity index (χ3n) is 5.28. The average molecular weight is 356 g/mol. The van der Waals surface area contributed by atoms with Crippen LogP contribution in [0.15, 0.2) is 0 Å². The highest BCUT2D eigenvalue weighted by Crippen LogP contribution is 2.57. The van der Waals surface area contributed by atoms with Crippen molar-refractivity contribution in [3.63, 3.8) is 0 Å². The van der Waals surface area contributed by atoms with Crippen LogP contribution in [0.3, 0.4) is 0 Å². The number of rotatable bonds is 11. The molecule has 5 nitrogen and oxygen atoms in total. The zero-order valence-corrected chi connectivity index (χ0v) is 16.6. The molecule has 6 heteroatoms. The van der Waals surface area contributed by atoms with E-state index in [1.165, 1.54) is 0 Å². The van der Waals surface area contributed by atoms with Crippen molar-refractivity contribution >= 4 is 8.53 Å². The van der Waals surface area contributed by atoms with Crippen LogP contribution in [0.1, 0.15) is 59.8 Å². The summed E-state index contributed by atoms with van der Waals surface area (Å²) in [6.07, 6.45) is 4.76. The first-order valence-electron chi connectivity index (χ1n) is 9.47. The van der Waals surface area contributed by atoms with E-state index in [0.717, 1.165) is 45.4 Å². The van der Waals surface area contributed by atoms with Crippen LogP contribution in [-0.2, 0) is 13.8 Å². The number of hydrogen-bond donors (Lipinski definition) is 0. The van der Waals surface area contributed by atoms with Crippen LogP contribution in [0.25, 0.3) is 0 Å². The van der Waals surface area contributed by atoms with Crippen LogP contribution in [0, 0.1) is 23.2 Å². The molecule has 5 atom stereocenters. The minimum Gasteiger partial charge on any atom is -0.372 e. The molecule has 1 heterocycles. The van der Waals surface area contributed by atoms with Crippen LogP contribution >= 0.6 is 8.53 Å². The van der Waals surface area contributed by atoms with Gasteiger partial charge in [-0.15, -0.1) is 0 Å². The Labute approximate surface area is 148 Å². The molecule has 0 amide bonds. The van der Waals surface area contributed by atoms with Gasteiger partial charge in [-0.1, -0.05) is 27.7 Å². The number of ether oxygens (including phenoxy) is 1. The summed E-state index contributed by atoms with van der Waals surface area (Å²) in [5, 5.41) is 8.82. The molecule has 1 aliphatic carbocycles. The highest BCUT2D eigenvalue weighted by Gasteiger charge is 2.59. The molecule has 0 aromatic rings. The summed E-state index contributed by atoms with van der Waals surface area (Å²) in [5.74, 6) is 1.12. The second kappa shape index (κ2) is 9.46. The van der Waals surface area contributed by atoms with E-state index in [1.807, 2.05) is 0 Å². The summed E-state index contributed by atoms with van der Waals surface area (Å²) in [6, 6.07) is 2.16. The van der Waals surface area contributed by atoms with E-state index >= 15 is 0 Å². The molecule has 24 heavy (non-hydrogen) atoms. The van der Waals surface area contributed by atoms with Crippen LogP contribution in [-0.4, -0.2) is 42.7 Å². The fourth-order valence-corrected chi connectivity index (χ4v) is 5.89. The second-order valence-corrected chi connectivity index (χ2v) is 8.54. The third kappa shape index (κ3) is 4.29. The molecule has 1 saturated carbocycles. The first-order valence-corrected chi connectivity index (χ1v) is 10.6. The predicted octanol–water partition coefficient (Wildman–Crippen LogP) is 4.49. The molecule has 0 aromatic heterocycles. The van der Waals surface area contributed by atoms with Crippen LogP contribution in [0.5, 0.6) is 0 Å². The van der Waals surface area contributed by atoms with Gasteiger partial charge < -0.3 is 13.8 Å². The van der Waals surface area contributed by atoms with E-state index in [4.69, 9.17) is 19.0 Å². The smallest absolute Gasteiger partial charge is 0.259 e. The molecule has 0 radical (unpaired) electrons. The van der Waals surface area contributed by atoms with Gasteiger partial charge in [0.1, 0.15) is 0 Å². The maximum Gasteiger partial charge on any atom is 0.259 e. The Hall–Kier alpha value is -0.240. The SMILES string of the molecule is CCCN(CCC)P(OCCC#N)O[C@H]1[C@@H]2CO[C@@]1(CC)C[C@H]2C. The van der Waals surface area contributed by atoms with Gasteiger partial charge in [0.05, 0.1) is 37.4 Å². The molecule has 0 N–H and O–H groups in total. The largest absolute Gasteiger partial charge is 0.372 e. The number of nitriles is 1. The van der Waals surface area contributed by atoms with Crippen molar-refractivity contribution in [3.05, 3.63) is 0 Å². The summed E-state index contributed by atoms with van der Waals surface area (Å²) in [6.45, 7) is 12.1. The van der Waals surface area contributed by atoms with Crippen LogP contribution in [0.2, 0.25) is 0 Å². The minimum absolute atomic E-state index is 0.127. The van der Waals surface area contributed by atoms with Gasteiger partial charge >= 0.3 is 0 Å². The Morgan fingerprint density at radius 3 is 2.54 bits per heavy atom.